The molecular weight excluding hydrogens is 364 g/mol. The molecule has 0 aliphatic rings. The van der Waals surface area contributed by atoms with Crippen molar-refractivity contribution in [1.82, 2.24) is 4.90 Å². The summed E-state index contributed by atoms with van der Waals surface area (Å²) < 4.78 is 0. The Morgan fingerprint density at radius 3 is 2.45 bits per heavy atom. The van der Waals surface area contributed by atoms with E-state index in [2.05, 4.69) is 6.92 Å². The highest BCUT2D eigenvalue weighted by molar-refractivity contribution is 6.43. The number of hydrogen-bond acceptors (Lipinski definition) is 1. The summed E-state index contributed by atoms with van der Waals surface area (Å²) in [5.41, 5.74) is 0.771. The molecule has 1 unspecified atom stereocenters. The lowest BCUT2D eigenvalue weighted by molar-refractivity contribution is -0.126. The first kappa shape index (κ1) is 19.6. The van der Waals surface area contributed by atoms with Gasteiger partial charge < -0.3 is 4.90 Å². The van der Waals surface area contributed by atoms with E-state index in [0.717, 1.165) is 18.4 Å². The lowest BCUT2D eigenvalue weighted by Gasteiger charge is -2.22. The van der Waals surface area contributed by atoms with E-state index in [-0.39, 0.29) is 11.3 Å². The fourth-order valence-corrected chi connectivity index (χ4v) is 2.53. The van der Waals surface area contributed by atoms with E-state index < -0.39 is 0 Å². The van der Waals surface area contributed by atoms with Gasteiger partial charge in [-0.3, -0.25) is 4.79 Å². The van der Waals surface area contributed by atoms with Gasteiger partial charge in [-0.1, -0.05) is 54.2 Å². The maximum absolute atomic E-state index is 12.3. The smallest absolute Gasteiger partial charge is 0.246 e. The molecule has 2 nitrogen and oxygen atoms in total. The Labute approximate surface area is 152 Å². The van der Waals surface area contributed by atoms with Crippen molar-refractivity contribution >= 4 is 52.3 Å². The van der Waals surface area contributed by atoms with Crippen LogP contribution in [0, 0.1) is 0 Å². The van der Waals surface area contributed by atoms with Crippen molar-refractivity contribution in [2.75, 3.05) is 6.54 Å². The number of carbonyl (C=O) groups is 1. The summed E-state index contributed by atoms with van der Waals surface area (Å²) in [6.07, 6.45) is 5.07. The number of nitrogens with zero attached hydrogens (tertiary/aromatic N) is 1. The Morgan fingerprint density at radius 2 is 1.86 bits per heavy atom. The molecule has 0 heterocycles. The lowest BCUT2D eigenvalue weighted by Crippen LogP contribution is -2.30. The van der Waals surface area contributed by atoms with Crippen LogP contribution >= 0.6 is 46.4 Å². The van der Waals surface area contributed by atoms with E-state index in [0.29, 0.717) is 28.2 Å². The topological polar surface area (TPSA) is 20.3 Å². The number of hydrogen-bond donors (Lipinski definition) is 0. The summed E-state index contributed by atoms with van der Waals surface area (Å²) in [5, 5.41) is 1.13. The van der Waals surface area contributed by atoms with Crippen LogP contribution in [0.3, 0.4) is 0 Å². The van der Waals surface area contributed by atoms with Gasteiger partial charge in [-0.05, 0) is 31.0 Å². The quantitative estimate of drug-likeness (QED) is 0.323. The third kappa shape index (κ3) is 6.37. The predicted octanol–water partition coefficient (Wildman–Crippen LogP) is 5.96. The Bertz CT molecular complexity index is 543. The van der Waals surface area contributed by atoms with Crippen LogP contribution in [0.5, 0.6) is 0 Å². The first-order valence-electron chi connectivity index (χ1n) is 7.09. The summed E-state index contributed by atoms with van der Waals surface area (Å²) >= 11 is 24.0. The van der Waals surface area contributed by atoms with Gasteiger partial charge in [-0.25, -0.2) is 0 Å². The molecule has 0 bridgehead atoms. The second-order valence-corrected chi connectivity index (χ2v) is 6.92. The highest BCUT2D eigenvalue weighted by Gasteiger charge is 2.14. The SMILES string of the molecule is CCCCN(Cc1cc(Cl)c(Cl)cc1Cl)C(=O)/C=C/C(C)Cl. The van der Waals surface area contributed by atoms with Crippen LogP contribution in [0.25, 0.3) is 0 Å². The molecule has 0 saturated heterocycles. The third-order valence-corrected chi connectivity index (χ3v) is 4.27. The molecule has 0 aromatic heterocycles. The molecule has 122 valence electrons. The van der Waals surface area contributed by atoms with Gasteiger partial charge in [0.1, 0.15) is 0 Å². The normalized spacial score (nSPS) is 12.6. The average molecular weight is 383 g/mol. The minimum atomic E-state index is -0.189. The molecule has 22 heavy (non-hydrogen) atoms. The number of alkyl halides is 1. The number of unbranched alkanes of at least 4 members (excludes halogenated alkanes) is 1. The van der Waals surface area contributed by atoms with Crippen LogP contribution in [-0.2, 0) is 11.3 Å². The van der Waals surface area contributed by atoms with E-state index in [1.807, 2.05) is 0 Å². The number of halogens is 4. The molecule has 0 aliphatic carbocycles. The van der Waals surface area contributed by atoms with Crippen LogP contribution in [0.2, 0.25) is 15.1 Å². The van der Waals surface area contributed by atoms with Gasteiger partial charge in [0, 0.05) is 29.6 Å². The van der Waals surface area contributed by atoms with Gasteiger partial charge in [0.2, 0.25) is 5.91 Å². The lowest BCUT2D eigenvalue weighted by atomic mass is 10.2. The minimum absolute atomic E-state index is 0.0944. The Morgan fingerprint density at radius 1 is 1.23 bits per heavy atom. The zero-order valence-electron chi connectivity index (χ0n) is 12.6. The molecule has 0 aliphatic heterocycles. The van der Waals surface area contributed by atoms with E-state index >= 15 is 0 Å². The van der Waals surface area contributed by atoms with Crippen molar-refractivity contribution < 1.29 is 4.79 Å². The van der Waals surface area contributed by atoms with Crippen LogP contribution in [0.4, 0.5) is 0 Å². The molecule has 6 heteroatoms. The monoisotopic (exact) mass is 381 g/mol. The molecule has 1 rings (SSSR count). The van der Waals surface area contributed by atoms with Crippen LogP contribution in [-0.4, -0.2) is 22.7 Å². The Hall–Kier alpha value is -0.410. The molecular formula is C16H19Cl4NO. The van der Waals surface area contributed by atoms with Gasteiger partial charge in [-0.15, -0.1) is 11.6 Å². The van der Waals surface area contributed by atoms with E-state index in [1.54, 1.807) is 30.0 Å². The molecule has 0 saturated carbocycles. The number of carbonyl (C=O) groups excluding carboxylic acids is 1. The molecule has 1 aromatic rings. The molecule has 1 amide bonds. The number of amides is 1. The zero-order chi connectivity index (χ0) is 16.7. The average Bonchev–Trinajstić information content (AvgIpc) is 2.46. The van der Waals surface area contributed by atoms with Gasteiger partial charge in [0.25, 0.3) is 0 Å². The number of benzene rings is 1. The maximum atomic E-state index is 12.3. The summed E-state index contributed by atoms with van der Waals surface area (Å²) in [4.78, 5) is 14.0. The standard InChI is InChI=1S/C16H19Cl4NO/c1-3-4-7-21(16(22)6-5-11(2)17)10-12-8-14(19)15(20)9-13(12)18/h5-6,8-9,11H,3-4,7,10H2,1-2H3/b6-5+. The second-order valence-electron chi connectivity index (χ2n) is 5.01. The van der Waals surface area contributed by atoms with Gasteiger partial charge in [-0.2, -0.15) is 0 Å². The highest BCUT2D eigenvalue weighted by Crippen LogP contribution is 2.29. The van der Waals surface area contributed by atoms with E-state index in [4.69, 9.17) is 46.4 Å². The van der Waals surface area contributed by atoms with Crippen molar-refractivity contribution in [2.45, 2.75) is 38.6 Å². The fourth-order valence-electron chi connectivity index (χ4n) is 1.83. The van der Waals surface area contributed by atoms with Crippen LogP contribution in [0.15, 0.2) is 24.3 Å². The molecule has 0 N–H and O–H groups in total. The largest absolute Gasteiger partial charge is 0.335 e. The highest BCUT2D eigenvalue weighted by atomic mass is 35.5. The second kappa shape index (κ2) is 9.67. The molecule has 0 spiro atoms. The minimum Gasteiger partial charge on any atom is -0.335 e. The summed E-state index contributed by atoms with van der Waals surface area (Å²) in [6, 6.07) is 3.30. The molecule has 0 fully saturated rings. The van der Waals surface area contributed by atoms with Crippen molar-refractivity contribution in [2.24, 2.45) is 0 Å². The Balaban J connectivity index is 2.93. The van der Waals surface area contributed by atoms with Crippen LogP contribution < -0.4 is 0 Å². The van der Waals surface area contributed by atoms with Crippen molar-refractivity contribution in [3.05, 3.63) is 44.9 Å². The van der Waals surface area contributed by atoms with Gasteiger partial charge >= 0.3 is 0 Å². The summed E-state index contributed by atoms with van der Waals surface area (Å²) in [7, 11) is 0. The van der Waals surface area contributed by atoms with Crippen molar-refractivity contribution in [1.29, 1.82) is 0 Å². The summed E-state index contributed by atoms with van der Waals surface area (Å²) in [5.74, 6) is -0.0944. The Kier molecular flexibility index (Phi) is 8.63. The van der Waals surface area contributed by atoms with E-state index in [1.165, 1.54) is 6.08 Å². The van der Waals surface area contributed by atoms with Gasteiger partial charge in [0.05, 0.1) is 10.0 Å². The third-order valence-electron chi connectivity index (χ3n) is 3.05. The van der Waals surface area contributed by atoms with Crippen molar-refractivity contribution in [3.8, 4) is 0 Å². The fraction of sp³-hybridized carbons (Fsp3) is 0.438. The molecule has 1 aromatic carbocycles. The van der Waals surface area contributed by atoms with E-state index in [9.17, 15) is 4.79 Å². The zero-order valence-corrected chi connectivity index (χ0v) is 15.6. The first-order valence-corrected chi connectivity index (χ1v) is 8.66. The first-order chi connectivity index (χ1) is 10.3. The predicted molar refractivity (Wildman–Crippen MR) is 96.3 cm³/mol. The van der Waals surface area contributed by atoms with Crippen LogP contribution in [0.1, 0.15) is 32.3 Å². The number of allylic oxidation sites excluding steroid dienone is 1. The number of rotatable bonds is 7. The molecule has 0 radical (unpaired) electrons. The summed E-state index contributed by atoms with van der Waals surface area (Å²) in [6.45, 7) is 4.91. The molecule has 1 atom stereocenters. The van der Waals surface area contributed by atoms with Crippen molar-refractivity contribution in [3.63, 3.8) is 0 Å². The van der Waals surface area contributed by atoms with Gasteiger partial charge in [0.15, 0.2) is 0 Å². The maximum Gasteiger partial charge on any atom is 0.246 e.